The second kappa shape index (κ2) is 5.63. The van der Waals surface area contributed by atoms with Gasteiger partial charge in [0.05, 0.1) is 0 Å². The number of hydrogen-bond donors (Lipinski definition) is 0. The Labute approximate surface area is 113 Å². The molecular formula is C11H6Cl2N4O. The van der Waals surface area contributed by atoms with Gasteiger partial charge in [0.25, 0.3) is 0 Å². The highest BCUT2D eigenvalue weighted by Crippen LogP contribution is 2.20. The Kier molecular flexibility index (Phi) is 3.92. The summed E-state index contributed by atoms with van der Waals surface area (Å²) in [5.74, 6) is 0. The molecule has 18 heavy (non-hydrogen) atoms. The van der Waals surface area contributed by atoms with Crippen LogP contribution in [0.4, 0.5) is 0 Å². The lowest BCUT2D eigenvalue weighted by Crippen LogP contribution is -2.08. The minimum Gasteiger partial charge on any atom is -0.440 e. The Bertz CT molecular complexity index is 565. The third kappa shape index (κ3) is 3.06. The first-order chi connectivity index (χ1) is 8.69. The van der Waals surface area contributed by atoms with Crippen LogP contribution in [0.5, 0.6) is 6.01 Å². The lowest BCUT2D eigenvalue weighted by atomic mass is 10.1. The Morgan fingerprint density at radius 1 is 1.06 bits per heavy atom. The van der Waals surface area contributed by atoms with Crippen molar-refractivity contribution < 1.29 is 4.74 Å². The Balaban J connectivity index is 2.24. The van der Waals surface area contributed by atoms with Gasteiger partial charge >= 0.3 is 6.01 Å². The van der Waals surface area contributed by atoms with E-state index in [2.05, 4.69) is 15.0 Å². The Morgan fingerprint density at radius 3 is 2.22 bits per heavy atom. The van der Waals surface area contributed by atoms with Gasteiger partial charge in [-0.25, -0.2) is 0 Å². The molecule has 2 aromatic rings. The zero-order valence-electron chi connectivity index (χ0n) is 8.92. The quantitative estimate of drug-likeness (QED) is 0.865. The molecule has 0 aliphatic heterocycles. The predicted octanol–water partition coefficient (Wildman–Crippen LogP) is 2.82. The Hall–Kier alpha value is -1.90. The molecule has 1 heterocycles. The van der Waals surface area contributed by atoms with Gasteiger partial charge in [0.1, 0.15) is 6.07 Å². The zero-order valence-corrected chi connectivity index (χ0v) is 10.4. The van der Waals surface area contributed by atoms with E-state index in [0.29, 0.717) is 5.56 Å². The maximum absolute atomic E-state index is 9.07. The highest BCUT2D eigenvalue weighted by Gasteiger charge is 2.14. The van der Waals surface area contributed by atoms with Gasteiger partial charge in [-0.15, -0.1) is 0 Å². The molecule has 90 valence electrons. The van der Waals surface area contributed by atoms with E-state index in [4.69, 9.17) is 33.2 Å². The predicted molar refractivity (Wildman–Crippen MR) is 65.3 cm³/mol. The number of nitrogens with zero attached hydrogens (tertiary/aromatic N) is 4. The lowest BCUT2D eigenvalue weighted by molar-refractivity contribution is 0.239. The molecule has 1 aromatic heterocycles. The second-order valence-electron chi connectivity index (χ2n) is 3.19. The van der Waals surface area contributed by atoms with E-state index in [9.17, 15) is 0 Å². The molecule has 0 N–H and O–H groups in total. The fourth-order valence-electron chi connectivity index (χ4n) is 1.26. The smallest absolute Gasteiger partial charge is 0.323 e. The van der Waals surface area contributed by atoms with Crippen molar-refractivity contribution in [2.45, 2.75) is 6.10 Å². The summed E-state index contributed by atoms with van der Waals surface area (Å²) in [4.78, 5) is 11.1. The van der Waals surface area contributed by atoms with Crippen LogP contribution in [-0.4, -0.2) is 15.0 Å². The van der Waals surface area contributed by atoms with Gasteiger partial charge in [0.2, 0.25) is 16.7 Å². The standard InChI is InChI=1S/C11H6Cl2N4O/c12-9-15-10(13)17-11(16-9)18-8(6-14)7-4-2-1-3-5-7/h1-5,8H. The van der Waals surface area contributed by atoms with Crippen molar-refractivity contribution in [1.29, 1.82) is 5.26 Å². The van der Waals surface area contributed by atoms with E-state index in [1.165, 1.54) is 0 Å². The van der Waals surface area contributed by atoms with Crippen molar-refractivity contribution in [1.82, 2.24) is 15.0 Å². The number of nitriles is 1. The third-order valence-electron chi connectivity index (χ3n) is 2.00. The zero-order chi connectivity index (χ0) is 13.0. The molecule has 1 unspecified atom stereocenters. The molecule has 0 radical (unpaired) electrons. The number of halogens is 2. The molecule has 2 rings (SSSR count). The average molecular weight is 281 g/mol. The van der Waals surface area contributed by atoms with Gasteiger partial charge < -0.3 is 4.74 Å². The fraction of sp³-hybridized carbons (Fsp3) is 0.0909. The van der Waals surface area contributed by atoms with Gasteiger partial charge in [0, 0.05) is 5.56 Å². The van der Waals surface area contributed by atoms with E-state index in [0.717, 1.165) is 0 Å². The molecule has 0 amide bonds. The monoisotopic (exact) mass is 280 g/mol. The summed E-state index contributed by atoms with van der Waals surface area (Å²) in [7, 11) is 0. The summed E-state index contributed by atoms with van der Waals surface area (Å²) in [6.45, 7) is 0. The number of hydrogen-bond acceptors (Lipinski definition) is 5. The molecule has 1 atom stereocenters. The van der Waals surface area contributed by atoms with Crippen LogP contribution >= 0.6 is 23.2 Å². The van der Waals surface area contributed by atoms with Crippen molar-refractivity contribution in [2.24, 2.45) is 0 Å². The molecule has 0 bridgehead atoms. The molecule has 0 aliphatic carbocycles. The van der Waals surface area contributed by atoms with Gasteiger partial charge in [-0.3, -0.25) is 0 Å². The first-order valence-corrected chi connectivity index (χ1v) is 5.63. The summed E-state index contributed by atoms with van der Waals surface area (Å²) in [6, 6.07) is 10.9. The topological polar surface area (TPSA) is 71.7 Å². The van der Waals surface area contributed by atoms with E-state index >= 15 is 0 Å². The molecule has 0 fully saturated rings. The number of aromatic nitrogens is 3. The summed E-state index contributed by atoms with van der Waals surface area (Å²) in [5, 5.41) is 8.89. The minimum atomic E-state index is -0.833. The van der Waals surface area contributed by atoms with Gasteiger partial charge in [-0.05, 0) is 23.2 Å². The van der Waals surface area contributed by atoms with E-state index < -0.39 is 6.10 Å². The van der Waals surface area contributed by atoms with Crippen LogP contribution in [0.1, 0.15) is 11.7 Å². The second-order valence-corrected chi connectivity index (χ2v) is 3.87. The maximum atomic E-state index is 9.07. The molecular weight excluding hydrogens is 275 g/mol. The highest BCUT2D eigenvalue weighted by atomic mass is 35.5. The molecule has 1 aromatic carbocycles. The van der Waals surface area contributed by atoms with E-state index in [1.807, 2.05) is 12.1 Å². The van der Waals surface area contributed by atoms with Crippen molar-refractivity contribution in [3.05, 3.63) is 46.5 Å². The summed E-state index contributed by atoms with van der Waals surface area (Å²) in [6.07, 6.45) is -0.833. The molecule has 0 aliphatic rings. The van der Waals surface area contributed by atoms with Gasteiger partial charge in [0.15, 0.2) is 0 Å². The number of rotatable bonds is 3. The largest absolute Gasteiger partial charge is 0.440 e. The third-order valence-corrected chi connectivity index (χ3v) is 2.34. The van der Waals surface area contributed by atoms with Crippen molar-refractivity contribution in [3.8, 4) is 12.1 Å². The van der Waals surface area contributed by atoms with Crippen LogP contribution in [0, 0.1) is 11.3 Å². The Morgan fingerprint density at radius 2 is 1.67 bits per heavy atom. The van der Waals surface area contributed by atoms with Crippen LogP contribution in [-0.2, 0) is 0 Å². The SMILES string of the molecule is N#CC(Oc1nc(Cl)nc(Cl)n1)c1ccccc1. The average Bonchev–Trinajstić information content (AvgIpc) is 2.36. The van der Waals surface area contributed by atoms with Crippen LogP contribution < -0.4 is 4.74 Å². The van der Waals surface area contributed by atoms with Crippen LogP contribution in [0.15, 0.2) is 30.3 Å². The van der Waals surface area contributed by atoms with Crippen LogP contribution in [0.25, 0.3) is 0 Å². The van der Waals surface area contributed by atoms with Crippen molar-refractivity contribution >= 4 is 23.2 Å². The van der Waals surface area contributed by atoms with Crippen molar-refractivity contribution in [3.63, 3.8) is 0 Å². The van der Waals surface area contributed by atoms with Gasteiger partial charge in [-0.2, -0.15) is 20.2 Å². The van der Waals surface area contributed by atoms with Gasteiger partial charge in [-0.1, -0.05) is 30.3 Å². The lowest BCUT2D eigenvalue weighted by Gasteiger charge is -2.10. The number of benzene rings is 1. The fourth-order valence-corrected chi connectivity index (χ4v) is 1.61. The van der Waals surface area contributed by atoms with E-state index in [-0.39, 0.29) is 16.6 Å². The summed E-state index contributed by atoms with van der Waals surface area (Å²) in [5.41, 5.74) is 0.688. The molecule has 5 nitrogen and oxygen atoms in total. The molecule has 0 spiro atoms. The normalized spacial score (nSPS) is 11.6. The molecule has 0 saturated heterocycles. The molecule has 0 saturated carbocycles. The summed E-state index contributed by atoms with van der Waals surface area (Å²) >= 11 is 11.2. The minimum absolute atomic E-state index is 0.0876. The number of ether oxygens (including phenoxy) is 1. The first kappa shape index (κ1) is 12.6. The summed E-state index contributed by atoms with van der Waals surface area (Å²) < 4.78 is 5.32. The van der Waals surface area contributed by atoms with Crippen LogP contribution in [0.3, 0.4) is 0 Å². The molecule has 7 heteroatoms. The van der Waals surface area contributed by atoms with Crippen molar-refractivity contribution in [2.75, 3.05) is 0 Å². The first-order valence-electron chi connectivity index (χ1n) is 4.87. The maximum Gasteiger partial charge on any atom is 0.323 e. The van der Waals surface area contributed by atoms with E-state index in [1.54, 1.807) is 24.3 Å². The highest BCUT2D eigenvalue weighted by molar-refractivity contribution is 6.31. The van der Waals surface area contributed by atoms with Crippen LogP contribution in [0.2, 0.25) is 10.6 Å².